The quantitative estimate of drug-likeness (QED) is 0.556. The van der Waals surface area contributed by atoms with Gasteiger partial charge >= 0.3 is 0 Å². The molecule has 1 aromatic rings. The van der Waals surface area contributed by atoms with Gasteiger partial charge in [-0.1, -0.05) is 71.1 Å². The van der Waals surface area contributed by atoms with Crippen LogP contribution in [0.5, 0.6) is 0 Å². The molecule has 2 heteroatoms. The molecule has 0 fully saturated rings. The average molecular weight is 248 g/mol. The Balaban J connectivity index is 2.99. The summed E-state index contributed by atoms with van der Waals surface area (Å²) in [6.07, 6.45) is 0. The molecule has 0 saturated heterocycles. The molecule has 0 saturated carbocycles. The Morgan fingerprint density at radius 3 is 2.00 bits per heavy atom. The maximum absolute atomic E-state index is 12.5. The zero-order valence-corrected chi connectivity index (χ0v) is 12.9. The molecular weight excluding hydrogens is 224 g/mol. The first-order chi connectivity index (χ1) is 7.68. The number of carbonyl (C=O) groups is 1. The molecule has 0 radical (unpaired) electrons. The maximum Gasteiger partial charge on any atom is 0.163 e. The third kappa shape index (κ3) is 2.86. The highest BCUT2D eigenvalue weighted by atomic mass is 28.3. The van der Waals surface area contributed by atoms with E-state index >= 15 is 0 Å². The predicted octanol–water partition coefficient (Wildman–Crippen LogP) is 4.77. The number of ketones is 1. The second-order valence-electron chi connectivity index (χ2n) is 6.42. The summed E-state index contributed by atoms with van der Waals surface area (Å²) in [5.74, 6) is 0.303. The number of Topliss-reactive ketones (excluding diaryl/α,β-unsaturated/α-hetero) is 1. The zero-order valence-electron chi connectivity index (χ0n) is 11.9. The molecule has 0 spiro atoms. The Kier molecular flexibility index (Phi) is 3.98. The molecule has 0 aliphatic rings. The lowest BCUT2D eigenvalue weighted by atomic mass is 10.1. The van der Waals surface area contributed by atoms with Crippen molar-refractivity contribution >= 4 is 13.9 Å². The summed E-state index contributed by atoms with van der Waals surface area (Å²) < 4.78 is 0. The number of hydrogen-bond acceptors (Lipinski definition) is 1. The topological polar surface area (TPSA) is 17.1 Å². The van der Waals surface area contributed by atoms with Gasteiger partial charge in [0.25, 0.3) is 0 Å². The minimum Gasteiger partial charge on any atom is -0.294 e. The van der Waals surface area contributed by atoms with E-state index in [4.69, 9.17) is 0 Å². The van der Waals surface area contributed by atoms with Gasteiger partial charge in [-0.15, -0.1) is 0 Å². The fraction of sp³-hybridized carbons (Fsp3) is 0.533. The minimum atomic E-state index is -1.60. The van der Waals surface area contributed by atoms with Gasteiger partial charge in [-0.3, -0.25) is 4.79 Å². The van der Waals surface area contributed by atoms with Crippen LogP contribution in [-0.4, -0.2) is 13.9 Å². The van der Waals surface area contributed by atoms with Crippen LogP contribution in [0.15, 0.2) is 30.3 Å². The molecule has 17 heavy (non-hydrogen) atoms. The van der Waals surface area contributed by atoms with Crippen LogP contribution in [0.4, 0.5) is 0 Å². The smallest absolute Gasteiger partial charge is 0.163 e. The van der Waals surface area contributed by atoms with E-state index in [9.17, 15) is 4.79 Å². The van der Waals surface area contributed by atoms with Gasteiger partial charge in [0.2, 0.25) is 0 Å². The van der Waals surface area contributed by atoms with Crippen molar-refractivity contribution in [1.29, 1.82) is 0 Å². The van der Waals surface area contributed by atoms with E-state index < -0.39 is 8.07 Å². The molecule has 1 unspecified atom stereocenters. The molecule has 0 heterocycles. The summed E-state index contributed by atoms with van der Waals surface area (Å²) in [4.78, 5) is 12.5. The Hall–Kier alpha value is -0.893. The van der Waals surface area contributed by atoms with E-state index in [2.05, 4.69) is 40.8 Å². The summed E-state index contributed by atoms with van der Waals surface area (Å²) in [5.41, 5.74) is 1.01. The molecule has 0 N–H and O–H groups in total. The van der Waals surface area contributed by atoms with Crippen molar-refractivity contribution in [2.75, 3.05) is 0 Å². The van der Waals surface area contributed by atoms with Gasteiger partial charge in [0, 0.05) is 11.1 Å². The van der Waals surface area contributed by atoms with Crippen molar-refractivity contribution in [2.24, 2.45) is 0 Å². The molecule has 0 amide bonds. The van der Waals surface area contributed by atoms with Crippen molar-refractivity contribution in [2.45, 2.75) is 51.4 Å². The van der Waals surface area contributed by atoms with Crippen molar-refractivity contribution in [3.63, 3.8) is 0 Å². The van der Waals surface area contributed by atoms with Crippen molar-refractivity contribution in [3.05, 3.63) is 35.9 Å². The highest BCUT2D eigenvalue weighted by Crippen LogP contribution is 2.44. The number of carbonyl (C=O) groups excluding carboxylic acids is 1. The number of benzene rings is 1. The van der Waals surface area contributed by atoms with Crippen LogP contribution in [0.25, 0.3) is 0 Å². The third-order valence-corrected chi connectivity index (χ3v) is 10.8. The van der Waals surface area contributed by atoms with Crippen molar-refractivity contribution in [3.8, 4) is 0 Å². The van der Waals surface area contributed by atoms with Crippen LogP contribution in [-0.2, 0) is 0 Å². The Labute approximate surface area is 106 Å². The summed E-state index contributed by atoms with van der Waals surface area (Å²) in [7, 11) is -1.60. The lowest BCUT2D eigenvalue weighted by Crippen LogP contribution is -2.44. The first-order valence-corrected chi connectivity index (χ1v) is 9.35. The summed E-state index contributed by atoms with van der Waals surface area (Å²) in [6, 6.07) is 9.67. The molecule has 0 bridgehead atoms. The first kappa shape index (κ1) is 14.2. The molecule has 1 rings (SSSR count). The molecule has 0 aliphatic heterocycles. The summed E-state index contributed by atoms with van der Waals surface area (Å²) >= 11 is 0. The monoisotopic (exact) mass is 248 g/mol. The third-order valence-electron chi connectivity index (χ3n) is 4.47. The average Bonchev–Trinajstić information content (AvgIpc) is 2.26. The van der Waals surface area contributed by atoms with E-state index in [0.717, 1.165) is 5.56 Å². The summed E-state index contributed by atoms with van der Waals surface area (Å²) in [5, 5.41) is 0.247. The number of rotatable bonds is 3. The highest BCUT2D eigenvalue weighted by molar-refractivity contribution is 6.84. The van der Waals surface area contributed by atoms with Crippen LogP contribution >= 0.6 is 0 Å². The largest absolute Gasteiger partial charge is 0.294 e. The van der Waals surface area contributed by atoms with Crippen molar-refractivity contribution < 1.29 is 4.79 Å². The minimum absolute atomic E-state index is 0.157. The van der Waals surface area contributed by atoms with E-state index in [-0.39, 0.29) is 10.6 Å². The Bertz CT molecular complexity index is 387. The molecule has 0 aromatic heterocycles. The lowest BCUT2D eigenvalue weighted by molar-refractivity contribution is 0.0984. The van der Waals surface area contributed by atoms with Gasteiger partial charge in [-0.2, -0.15) is 0 Å². The SMILES string of the molecule is CC(C(=O)c1ccccc1)[Si](C)(C)C(C)(C)C. The van der Waals surface area contributed by atoms with Gasteiger partial charge in [0.05, 0.1) is 8.07 Å². The summed E-state index contributed by atoms with van der Waals surface area (Å²) in [6.45, 7) is 13.5. The van der Waals surface area contributed by atoms with E-state index in [1.807, 2.05) is 30.3 Å². The van der Waals surface area contributed by atoms with Crippen LogP contribution in [0, 0.1) is 0 Å². The predicted molar refractivity (Wildman–Crippen MR) is 77.4 cm³/mol. The maximum atomic E-state index is 12.5. The standard InChI is InChI=1S/C15H24OSi/c1-12(17(5,6)15(2,3)4)14(16)13-10-8-7-9-11-13/h7-12H,1-6H3. The molecule has 1 atom stereocenters. The molecule has 1 nitrogen and oxygen atoms in total. The van der Waals surface area contributed by atoms with Crippen LogP contribution in [0.3, 0.4) is 0 Å². The second kappa shape index (κ2) is 4.77. The fourth-order valence-corrected chi connectivity index (χ4v) is 3.95. The van der Waals surface area contributed by atoms with Gasteiger partial charge < -0.3 is 0 Å². The Morgan fingerprint density at radius 1 is 1.12 bits per heavy atom. The van der Waals surface area contributed by atoms with E-state index in [1.54, 1.807) is 0 Å². The normalized spacial score (nSPS) is 14.5. The Morgan fingerprint density at radius 2 is 1.59 bits per heavy atom. The zero-order chi connectivity index (χ0) is 13.3. The molecular formula is C15H24OSi. The molecule has 94 valence electrons. The molecule has 0 aliphatic carbocycles. The molecule has 1 aromatic carbocycles. The van der Waals surface area contributed by atoms with Crippen LogP contribution < -0.4 is 0 Å². The lowest BCUT2D eigenvalue weighted by Gasteiger charge is -2.41. The van der Waals surface area contributed by atoms with Crippen LogP contribution in [0.1, 0.15) is 38.1 Å². The number of hydrogen-bond donors (Lipinski definition) is 0. The second-order valence-corrected chi connectivity index (χ2v) is 12.2. The van der Waals surface area contributed by atoms with E-state index in [1.165, 1.54) is 0 Å². The van der Waals surface area contributed by atoms with Crippen LogP contribution in [0.2, 0.25) is 23.7 Å². The van der Waals surface area contributed by atoms with Gasteiger partial charge in [0.15, 0.2) is 5.78 Å². The van der Waals surface area contributed by atoms with E-state index in [0.29, 0.717) is 5.78 Å². The van der Waals surface area contributed by atoms with Gasteiger partial charge in [-0.25, -0.2) is 0 Å². The van der Waals surface area contributed by atoms with Gasteiger partial charge in [-0.05, 0) is 5.04 Å². The highest BCUT2D eigenvalue weighted by Gasteiger charge is 2.42. The van der Waals surface area contributed by atoms with Crippen molar-refractivity contribution in [1.82, 2.24) is 0 Å². The van der Waals surface area contributed by atoms with Gasteiger partial charge in [0.1, 0.15) is 0 Å². The fourth-order valence-electron chi connectivity index (χ4n) is 1.83. The first-order valence-electron chi connectivity index (χ1n) is 6.27.